The van der Waals surface area contributed by atoms with E-state index in [4.69, 9.17) is 0 Å². The van der Waals surface area contributed by atoms with Gasteiger partial charge in [-0.05, 0) is 60.8 Å². The van der Waals surface area contributed by atoms with Gasteiger partial charge in [0, 0.05) is 10.7 Å². The van der Waals surface area contributed by atoms with Gasteiger partial charge in [-0.3, -0.25) is 4.98 Å². The fraction of sp³-hybridized carbons (Fsp3) is 0.533. The van der Waals surface area contributed by atoms with Gasteiger partial charge in [0.2, 0.25) is 0 Å². The highest BCUT2D eigenvalue weighted by molar-refractivity contribution is 9.10. The molecule has 0 saturated carbocycles. The third kappa shape index (κ3) is 3.42. The van der Waals surface area contributed by atoms with Crippen LogP contribution in [0.25, 0.3) is 0 Å². The summed E-state index contributed by atoms with van der Waals surface area (Å²) in [6, 6.07) is 4.28. The molecule has 18 heavy (non-hydrogen) atoms. The Labute approximate surface area is 118 Å². The molecule has 0 amide bonds. The van der Waals surface area contributed by atoms with Crippen LogP contribution < -0.4 is 5.32 Å². The summed E-state index contributed by atoms with van der Waals surface area (Å²) in [7, 11) is 2.02. The molecule has 0 bridgehead atoms. The van der Waals surface area contributed by atoms with Gasteiger partial charge in [-0.15, -0.1) is 0 Å². The lowest BCUT2D eigenvalue weighted by atomic mass is 9.93. The van der Waals surface area contributed by atoms with Gasteiger partial charge in [0.15, 0.2) is 0 Å². The van der Waals surface area contributed by atoms with E-state index in [1.165, 1.54) is 44.1 Å². The number of nitrogens with zero attached hydrogens (tertiary/aromatic N) is 1. The third-order valence-electron chi connectivity index (χ3n) is 3.55. The average molecular weight is 309 g/mol. The maximum Gasteiger partial charge on any atom is 0.0756 e. The van der Waals surface area contributed by atoms with E-state index in [-0.39, 0.29) is 6.04 Å². The third-order valence-corrected chi connectivity index (χ3v) is 4.22. The van der Waals surface area contributed by atoms with Crippen LogP contribution >= 0.6 is 15.9 Å². The number of pyridine rings is 1. The summed E-state index contributed by atoms with van der Waals surface area (Å²) in [5.74, 6) is 0. The Morgan fingerprint density at radius 3 is 2.89 bits per heavy atom. The Hall–Kier alpha value is -0.670. The first-order valence-corrected chi connectivity index (χ1v) is 7.59. The topological polar surface area (TPSA) is 24.9 Å². The van der Waals surface area contributed by atoms with Crippen molar-refractivity contribution in [1.29, 1.82) is 0 Å². The smallest absolute Gasteiger partial charge is 0.0756 e. The van der Waals surface area contributed by atoms with E-state index in [0.717, 1.165) is 10.2 Å². The number of nitrogens with one attached hydrogen (secondary N) is 1. The fourth-order valence-corrected chi connectivity index (χ4v) is 3.07. The molecule has 3 heteroatoms. The Kier molecular flexibility index (Phi) is 5.39. The maximum atomic E-state index is 4.53. The normalized spacial score (nSPS) is 21.6. The summed E-state index contributed by atoms with van der Waals surface area (Å²) >= 11 is 3.61. The Morgan fingerprint density at radius 1 is 1.28 bits per heavy atom. The molecule has 1 aromatic heterocycles. The highest BCUT2D eigenvalue weighted by atomic mass is 79.9. The summed E-state index contributed by atoms with van der Waals surface area (Å²) in [5.41, 5.74) is 2.60. The van der Waals surface area contributed by atoms with Crippen molar-refractivity contribution in [1.82, 2.24) is 10.3 Å². The van der Waals surface area contributed by atoms with Crippen LogP contribution in [-0.2, 0) is 0 Å². The van der Waals surface area contributed by atoms with Crippen LogP contribution in [0.4, 0.5) is 0 Å². The van der Waals surface area contributed by atoms with Gasteiger partial charge in [-0.1, -0.05) is 24.5 Å². The molecule has 0 aliphatic heterocycles. The van der Waals surface area contributed by atoms with Crippen molar-refractivity contribution in [3.63, 3.8) is 0 Å². The first-order chi connectivity index (χ1) is 8.83. The van der Waals surface area contributed by atoms with Crippen molar-refractivity contribution >= 4 is 15.9 Å². The SMILES string of the molecule is CNC(/C1=C/CCCCCC1)c1ncccc1Br. The zero-order valence-electron chi connectivity index (χ0n) is 11.0. The number of halogens is 1. The highest BCUT2D eigenvalue weighted by Gasteiger charge is 2.18. The Bertz CT molecular complexity index is 415. The number of hydrogen-bond acceptors (Lipinski definition) is 2. The molecule has 1 N–H and O–H groups in total. The minimum Gasteiger partial charge on any atom is -0.308 e. The van der Waals surface area contributed by atoms with Crippen LogP contribution in [0.2, 0.25) is 0 Å². The van der Waals surface area contributed by atoms with Crippen molar-refractivity contribution in [3.05, 3.63) is 40.1 Å². The predicted octanol–water partition coefficient (Wildman–Crippen LogP) is 4.39. The average Bonchev–Trinajstić information content (AvgIpc) is 2.34. The largest absolute Gasteiger partial charge is 0.308 e. The Balaban J connectivity index is 2.24. The van der Waals surface area contributed by atoms with Crippen LogP contribution in [0.5, 0.6) is 0 Å². The van der Waals surface area contributed by atoms with E-state index < -0.39 is 0 Å². The number of likely N-dealkylation sites (N-methyl/N-ethyl adjacent to an activating group) is 1. The second kappa shape index (κ2) is 7.05. The molecular weight excluding hydrogens is 288 g/mol. The number of hydrogen-bond donors (Lipinski definition) is 1. The molecule has 0 aromatic carbocycles. The van der Waals surface area contributed by atoms with E-state index in [2.05, 4.69) is 38.4 Å². The van der Waals surface area contributed by atoms with Gasteiger partial charge in [-0.25, -0.2) is 0 Å². The van der Waals surface area contributed by atoms with Crippen LogP contribution in [0.1, 0.15) is 50.3 Å². The van der Waals surface area contributed by atoms with Gasteiger partial charge in [0.25, 0.3) is 0 Å². The minimum atomic E-state index is 0.249. The van der Waals surface area contributed by atoms with E-state index in [1.807, 2.05) is 19.3 Å². The summed E-state index contributed by atoms with van der Waals surface area (Å²) in [4.78, 5) is 4.53. The Morgan fingerprint density at radius 2 is 2.11 bits per heavy atom. The molecule has 1 heterocycles. The molecule has 98 valence electrons. The number of allylic oxidation sites excluding steroid dienone is 1. The van der Waals surface area contributed by atoms with Gasteiger partial charge >= 0.3 is 0 Å². The van der Waals surface area contributed by atoms with E-state index in [0.29, 0.717) is 0 Å². The van der Waals surface area contributed by atoms with Crippen molar-refractivity contribution in [2.24, 2.45) is 0 Å². The lowest BCUT2D eigenvalue weighted by molar-refractivity contribution is 0.566. The minimum absolute atomic E-state index is 0.249. The summed E-state index contributed by atoms with van der Waals surface area (Å²) in [6.45, 7) is 0. The molecule has 2 rings (SSSR count). The molecule has 2 nitrogen and oxygen atoms in total. The van der Waals surface area contributed by atoms with Gasteiger partial charge in [0.1, 0.15) is 0 Å². The van der Waals surface area contributed by atoms with Gasteiger partial charge < -0.3 is 5.32 Å². The van der Waals surface area contributed by atoms with Crippen LogP contribution in [0, 0.1) is 0 Å². The molecule has 1 atom stereocenters. The zero-order valence-corrected chi connectivity index (χ0v) is 12.5. The standard InChI is InChI=1S/C15H21BrN2/c1-17-14(15-13(16)10-7-11-18-15)12-8-5-3-2-4-6-9-12/h7-8,10-11,14,17H,2-6,9H2,1H3/b12-8+. The molecule has 1 aliphatic carbocycles. The van der Waals surface area contributed by atoms with Gasteiger partial charge in [0.05, 0.1) is 11.7 Å². The summed E-state index contributed by atoms with van der Waals surface area (Å²) in [6.07, 6.45) is 12.0. The molecule has 0 fully saturated rings. The van der Waals surface area contributed by atoms with Crippen molar-refractivity contribution in [3.8, 4) is 0 Å². The molecule has 1 unspecified atom stereocenters. The van der Waals surface area contributed by atoms with Crippen molar-refractivity contribution in [2.75, 3.05) is 7.05 Å². The van der Waals surface area contributed by atoms with Crippen LogP contribution in [-0.4, -0.2) is 12.0 Å². The van der Waals surface area contributed by atoms with Gasteiger partial charge in [-0.2, -0.15) is 0 Å². The lowest BCUT2D eigenvalue weighted by Crippen LogP contribution is -2.21. The lowest BCUT2D eigenvalue weighted by Gasteiger charge is -2.22. The fourth-order valence-electron chi connectivity index (χ4n) is 2.59. The predicted molar refractivity (Wildman–Crippen MR) is 79.5 cm³/mol. The summed E-state index contributed by atoms with van der Waals surface area (Å²) < 4.78 is 1.09. The molecule has 0 radical (unpaired) electrons. The summed E-state index contributed by atoms with van der Waals surface area (Å²) in [5, 5.41) is 3.42. The second-order valence-corrected chi connectivity index (χ2v) is 5.68. The van der Waals surface area contributed by atoms with E-state index in [1.54, 1.807) is 0 Å². The second-order valence-electron chi connectivity index (χ2n) is 4.82. The monoisotopic (exact) mass is 308 g/mol. The number of rotatable bonds is 3. The van der Waals surface area contributed by atoms with Crippen molar-refractivity contribution < 1.29 is 0 Å². The first kappa shape index (κ1) is 13.8. The first-order valence-electron chi connectivity index (χ1n) is 6.79. The van der Waals surface area contributed by atoms with Crippen molar-refractivity contribution in [2.45, 2.75) is 44.6 Å². The van der Waals surface area contributed by atoms with Crippen LogP contribution in [0.15, 0.2) is 34.5 Å². The zero-order chi connectivity index (χ0) is 12.8. The molecule has 0 spiro atoms. The van der Waals surface area contributed by atoms with E-state index >= 15 is 0 Å². The quantitative estimate of drug-likeness (QED) is 0.838. The molecular formula is C15H21BrN2. The van der Waals surface area contributed by atoms with E-state index in [9.17, 15) is 0 Å². The molecule has 1 aromatic rings. The maximum absolute atomic E-state index is 4.53. The highest BCUT2D eigenvalue weighted by Crippen LogP contribution is 2.30. The number of aromatic nitrogens is 1. The van der Waals surface area contributed by atoms with Crippen LogP contribution in [0.3, 0.4) is 0 Å². The molecule has 0 saturated heterocycles. The molecule has 1 aliphatic rings.